The van der Waals surface area contributed by atoms with Gasteiger partial charge in [0.05, 0.1) is 0 Å². The van der Waals surface area contributed by atoms with Crippen molar-refractivity contribution in [3.05, 3.63) is 28.2 Å². The average Bonchev–Trinajstić information content (AvgIpc) is 2.60. The molecule has 0 radical (unpaired) electrons. The fourth-order valence-electron chi connectivity index (χ4n) is 4.23. The zero-order valence-electron chi connectivity index (χ0n) is 16.5. The molecule has 2 fully saturated rings. The number of amides is 1. The number of carbonyl (C=O) groups excluding carboxylic acids is 1. The maximum Gasteiger partial charge on any atom is 0.410 e. The summed E-state index contributed by atoms with van der Waals surface area (Å²) in [5.74, 6) is 1.44. The average molecular weight is 413 g/mol. The maximum absolute atomic E-state index is 12.2. The lowest BCUT2D eigenvalue weighted by atomic mass is 9.79. The minimum Gasteiger partial charge on any atom is -0.444 e. The highest BCUT2D eigenvalue weighted by atomic mass is 35.5. The second kappa shape index (κ2) is 8.48. The number of carbonyl (C=O) groups is 1. The first-order valence-electron chi connectivity index (χ1n) is 9.90. The molecule has 27 heavy (non-hydrogen) atoms. The van der Waals surface area contributed by atoms with Crippen LogP contribution in [0, 0.1) is 11.8 Å². The molecule has 1 aromatic rings. The SMILES string of the molecule is CC(C)(C)OC(=O)N1CCC(C2CCN(c3cc(Cl)cc(Cl)c3)CC2)CC1. The Labute approximate surface area is 172 Å². The third kappa shape index (κ3) is 5.68. The Bertz CT molecular complexity index is 638. The van der Waals surface area contributed by atoms with Crippen LogP contribution in [0.2, 0.25) is 10.0 Å². The van der Waals surface area contributed by atoms with Crippen LogP contribution < -0.4 is 4.90 Å². The fourth-order valence-corrected chi connectivity index (χ4v) is 4.75. The van der Waals surface area contributed by atoms with Crippen LogP contribution in [-0.2, 0) is 4.74 Å². The molecule has 1 aromatic carbocycles. The first-order valence-corrected chi connectivity index (χ1v) is 10.7. The van der Waals surface area contributed by atoms with Crippen molar-refractivity contribution in [3.63, 3.8) is 0 Å². The number of piperidine rings is 2. The van der Waals surface area contributed by atoms with E-state index in [4.69, 9.17) is 27.9 Å². The molecule has 0 bridgehead atoms. The number of hydrogen-bond donors (Lipinski definition) is 0. The molecule has 2 heterocycles. The maximum atomic E-state index is 12.2. The molecule has 2 aliphatic heterocycles. The highest BCUT2D eigenvalue weighted by molar-refractivity contribution is 6.35. The van der Waals surface area contributed by atoms with Crippen molar-refractivity contribution in [2.75, 3.05) is 31.1 Å². The minimum atomic E-state index is -0.427. The smallest absolute Gasteiger partial charge is 0.410 e. The van der Waals surface area contributed by atoms with Crippen molar-refractivity contribution in [3.8, 4) is 0 Å². The molecule has 0 aromatic heterocycles. The summed E-state index contributed by atoms with van der Waals surface area (Å²) in [5.41, 5.74) is 0.690. The van der Waals surface area contributed by atoms with Crippen LogP contribution in [0.5, 0.6) is 0 Å². The van der Waals surface area contributed by atoms with Gasteiger partial charge in [0, 0.05) is 41.9 Å². The normalized spacial score (nSPS) is 20.0. The van der Waals surface area contributed by atoms with Gasteiger partial charge in [0.2, 0.25) is 0 Å². The topological polar surface area (TPSA) is 32.8 Å². The molecule has 0 unspecified atom stereocenters. The molecule has 3 rings (SSSR count). The van der Waals surface area contributed by atoms with E-state index in [-0.39, 0.29) is 6.09 Å². The van der Waals surface area contributed by atoms with Gasteiger partial charge in [-0.3, -0.25) is 0 Å². The number of likely N-dealkylation sites (tertiary alicyclic amines) is 1. The van der Waals surface area contributed by atoms with Crippen LogP contribution in [0.4, 0.5) is 10.5 Å². The third-order valence-corrected chi connectivity index (χ3v) is 6.05. The lowest BCUT2D eigenvalue weighted by Gasteiger charge is -2.41. The molecular weight excluding hydrogens is 383 g/mol. The first-order chi connectivity index (χ1) is 12.7. The lowest BCUT2D eigenvalue weighted by Crippen LogP contribution is -2.44. The van der Waals surface area contributed by atoms with Crippen molar-refractivity contribution in [1.82, 2.24) is 4.90 Å². The van der Waals surface area contributed by atoms with Crippen molar-refractivity contribution in [2.45, 2.75) is 52.1 Å². The Hall–Kier alpha value is -1.13. The van der Waals surface area contributed by atoms with Crippen LogP contribution in [-0.4, -0.2) is 42.8 Å². The number of rotatable bonds is 2. The van der Waals surface area contributed by atoms with Gasteiger partial charge in [-0.25, -0.2) is 4.79 Å². The number of ether oxygens (including phenoxy) is 1. The molecule has 0 aliphatic carbocycles. The van der Waals surface area contributed by atoms with Gasteiger partial charge in [0.25, 0.3) is 0 Å². The van der Waals surface area contributed by atoms with E-state index in [2.05, 4.69) is 4.90 Å². The lowest BCUT2D eigenvalue weighted by molar-refractivity contribution is 0.0152. The summed E-state index contributed by atoms with van der Waals surface area (Å²) < 4.78 is 5.50. The Morgan fingerprint density at radius 1 is 0.926 bits per heavy atom. The van der Waals surface area contributed by atoms with Gasteiger partial charge in [-0.1, -0.05) is 23.2 Å². The summed E-state index contributed by atoms with van der Waals surface area (Å²) >= 11 is 12.3. The predicted molar refractivity (Wildman–Crippen MR) is 112 cm³/mol. The number of halogens is 2. The predicted octanol–water partition coefficient (Wildman–Crippen LogP) is 5.86. The zero-order valence-corrected chi connectivity index (χ0v) is 18.0. The summed E-state index contributed by atoms with van der Waals surface area (Å²) in [6, 6.07) is 5.76. The quantitative estimate of drug-likeness (QED) is 0.609. The highest BCUT2D eigenvalue weighted by Gasteiger charge is 2.32. The summed E-state index contributed by atoms with van der Waals surface area (Å²) in [6.07, 6.45) is 4.34. The Morgan fingerprint density at radius 3 is 1.89 bits per heavy atom. The molecular formula is C21H30Cl2N2O2. The molecule has 0 N–H and O–H groups in total. The van der Waals surface area contributed by atoms with Gasteiger partial charge < -0.3 is 14.5 Å². The number of benzene rings is 1. The number of anilines is 1. The molecule has 1 amide bonds. The summed E-state index contributed by atoms with van der Waals surface area (Å²) in [6.45, 7) is 9.43. The van der Waals surface area contributed by atoms with E-state index >= 15 is 0 Å². The van der Waals surface area contributed by atoms with Crippen LogP contribution in [0.3, 0.4) is 0 Å². The van der Waals surface area contributed by atoms with Crippen LogP contribution in [0.25, 0.3) is 0 Å². The van der Waals surface area contributed by atoms with E-state index in [0.717, 1.165) is 50.6 Å². The molecule has 150 valence electrons. The van der Waals surface area contributed by atoms with Gasteiger partial charge in [-0.15, -0.1) is 0 Å². The molecule has 0 spiro atoms. The minimum absolute atomic E-state index is 0.173. The zero-order chi connectivity index (χ0) is 19.6. The van der Waals surface area contributed by atoms with E-state index < -0.39 is 5.60 Å². The van der Waals surface area contributed by atoms with Crippen LogP contribution >= 0.6 is 23.2 Å². The van der Waals surface area contributed by atoms with Gasteiger partial charge in [-0.05, 0) is 76.5 Å². The number of nitrogens with zero attached hydrogens (tertiary/aromatic N) is 2. The second-order valence-electron chi connectivity index (χ2n) is 8.76. The summed E-state index contributed by atoms with van der Waals surface area (Å²) in [4.78, 5) is 16.5. The van der Waals surface area contributed by atoms with Gasteiger partial charge in [-0.2, -0.15) is 0 Å². The van der Waals surface area contributed by atoms with Crippen LogP contribution in [0.15, 0.2) is 18.2 Å². The molecule has 0 atom stereocenters. The largest absolute Gasteiger partial charge is 0.444 e. The monoisotopic (exact) mass is 412 g/mol. The number of hydrogen-bond acceptors (Lipinski definition) is 3. The summed E-state index contributed by atoms with van der Waals surface area (Å²) in [7, 11) is 0. The van der Waals surface area contributed by atoms with Crippen molar-refractivity contribution in [1.29, 1.82) is 0 Å². The van der Waals surface area contributed by atoms with Gasteiger partial charge in [0.1, 0.15) is 5.60 Å². The molecule has 2 aliphatic rings. The summed E-state index contributed by atoms with van der Waals surface area (Å²) in [5, 5.41) is 1.38. The fraction of sp³-hybridized carbons (Fsp3) is 0.667. The second-order valence-corrected chi connectivity index (χ2v) is 9.63. The Kier molecular flexibility index (Phi) is 6.47. The van der Waals surface area contributed by atoms with E-state index in [0.29, 0.717) is 16.0 Å². The molecule has 6 heteroatoms. The van der Waals surface area contributed by atoms with Crippen molar-refractivity contribution in [2.24, 2.45) is 11.8 Å². The van der Waals surface area contributed by atoms with E-state index in [1.54, 1.807) is 6.07 Å². The van der Waals surface area contributed by atoms with E-state index in [1.165, 1.54) is 12.8 Å². The van der Waals surface area contributed by atoms with E-state index in [1.807, 2.05) is 37.8 Å². The standard InChI is InChI=1S/C21H30Cl2N2O2/c1-21(2,3)27-20(26)25-10-6-16(7-11-25)15-4-8-24(9-5-15)19-13-17(22)12-18(23)14-19/h12-16H,4-11H2,1-3H3. The van der Waals surface area contributed by atoms with Crippen molar-refractivity contribution < 1.29 is 9.53 Å². The molecule has 4 nitrogen and oxygen atoms in total. The van der Waals surface area contributed by atoms with Crippen molar-refractivity contribution >= 4 is 35.0 Å². The Balaban J connectivity index is 1.48. The third-order valence-electron chi connectivity index (χ3n) is 5.61. The Morgan fingerprint density at radius 2 is 1.41 bits per heavy atom. The highest BCUT2D eigenvalue weighted by Crippen LogP contribution is 2.35. The first kappa shape index (κ1) is 20.6. The van der Waals surface area contributed by atoms with Gasteiger partial charge >= 0.3 is 6.09 Å². The molecule has 0 saturated carbocycles. The van der Waals surface area contributed by atoms with Crippen LogP contribution in [0.1, 0.15) is 46.5 Å². The van der Waals surface area contributed by atoms with Gasteiger partial charge in [0.15, 0.2) is 0 Å². The molecule has 2 saturated heterocycles. The van der Waals surface area contributed by atoms with E-state index in [9.17, 15) is 4.79 Å².